The largest absolute Gasteiger partial charge is 0.370 e. The molecule has 0 aliphatic carbocycles. The molecule has 4 aliphatic heterocycles. The quantitative estimate of drug-likeness (QED) is 0.631. The fourth-order valence-electron chi connectivity index (χ4n) is 6.05. The van der Waals surface area contributed by atoms with Gasteiger partial charge < -0.3 is 19.7 Å². The van der Waals surface area contributed by atoms with Crippen LogP contribution >= 0.6 is 0 Å². The number of carbonyl (C=O) groups excluding carboxylic acids is 4. The van der Waals surface area contributed by atoms with Gasteiger partial charge in [0.05, 0.1) is 5.56 Å². The summed E-state index contributed by atoms with van der Waals surface area (Å²) >= 11 is 0. The second-order valence-electron chi connectivity index (χ2n) is 10.3. The van der Waals surface area contributed by atoms with Crippen molar-refractivity contribution < 1.29 is 19.2 Å². The molecule has 2 N–H and O–H groups in total. The van der Waals surface area contributed by atoms with Crippen molar-refractivity contribution in [3.05, 3.63) is 52.8 Å². The number of carbonyl (C=O) groups is 4. The number of aromatic amines is 1. The van der Waals surface area contributed by atoms with Gasteiger partial charge in [-0.1, -0.05) is 6.07 Å². The monoisotopic (exact) mass is 486 g/mol. The first-order valence-electron chi connectivity index (χ1n) is 12.3. The summed E-state index contributed by atoms with van der Waals surface area (Å²) in [5.41, 5.74) is 3.62. The Bertz CT molecular complexity index is 1320. The molecule has 3 saturated heterocycles. The third-order valence-electron chi connectivity index (χ3n) is 8.10. The average molecular weight is 487 g/mol. The highest BCUT2D eigenvalue weighted by Gasteiger charge is 2.47. The zero-order valence-electron chi connectivity index (χ0n) is 19.7. The third-order valence-corrected chi connectivity index (χ3v) is 8.10. The van der Waals surface area contributed by atoms with Gasteiger partial charge >= 0.3 is 0 Å². The first-order chi connectivity index (χ1) is 17.4. The average Bonchev–Trinajstić information content (AvgIpc) is 3.47. The Kier molecular flexibility index (Phi) is 5.10. The minimum Gasteiger partial charge on any atom is -0.370 e. The van der Waals surface area contributed by atoms with Crippen LogP contribution in [0.4, 0.5) is 5.69 Å². The van der Waals surface area contributed by atoms with Crippen LogP contribution in [0, 0.1) is 16.7 Å². The first kappa shape index (κ1) is 22.3. The van der Waals surface area contributed by atoms with Gasteiger partial charge in [0.15, 0.2) is 0 Å². The number of nitriles is 1. The molecule has 3 fully saturated rings. The summed E-state index contributed by atoms with van der Waals surface area (Å²) < 4.78 is 0. The van der Waals surface area contributed by atoms with E-state index in [0.29, 0.717) is 42.9 Å². The molecule has 4 aliphatic rings. The summed E-state index contributed by atoms with van der Waals surface area (Å²) in [6.07, 6.45) is 3.94. The first-order valence-corrected chi connectivity index (χ1v) is 12.3. The number of nitrogens with one attached hydrogen (secondary N) is 2. The Labute approximate surface area is 207 Å². The maximum absolute atomic E-state index is 13.1. The smallest absolute Gasteiger partial charge is 0.270 e. The lowest BCUT2D eigenvalue weighted by Gasteiger charge is -2.55. The van der Waals surface area contributed by atoms with Crippen LogP contribution in [0.2, 0.25) is 0 Å². The summed E-state index contributed by atoms with van der Waals surface area (Å²) in [6, 6.07) is 8.74. The van der Waals surface area contributed by atoms with Gasteiger partial charge in [0.1, 0.15) is 17.8 Å². The van der Waals surface area contributed by atoms with Gasteiger partial charge in [-0.25, -0.2) is 0 Å². The lowest BCUT2D eigenvalue weighted by atomic mass is 9.71. The van der Waals surface area contributed by atoms with E-state index in [0.717, 1.165) is 37.2 Å². The van der Waals surface area contributed by atoms with Crippen molar-refractivity contribution in [3.8, 4) is 6.07 Å². The minimum absolute atomic E-state index is 0.0736. The summed E-state index contributed by atoms with van der Waals surface area (Å²) in [7, 11) is 0. The van der Waals surface area contributed by atoms with Crippen LogP contribution in [0.1, 0.15) is 57.7 Å². The summed E-state index contributed by atoms with van der Waals surface area (Å²) in [6.45, 7) is 3.42. The number of anilines is 1. The van der Waals surface area contributed by atoms with Crippen LogP contribution in [0.15, 0.2) is 30.5 Å². The summed E-state index contributed by atoms with van der Waals surface area (Å²) in [5, 5.41) is 11.3. The number of hydrogen-bond acceptors (Lipinski definition) is 6. The molecular weight excluding hydrogens is 460 g/mol. The van der Waals surface area contributed by atoms with Gasteiger partial charge in [-0.2, -0.15) is 5.26 Å². The van der Waals surface area contributed by atoms with E-state index in [1.165, 1.54) is 0 Å². The summed E-state index contributed by atoms with van der Waals surface area (Å²) in [4.78, 5) is 58.4. The van der Waals surface area contributed by atoms with Gasteiger partial charge in [-0.3, -0.25) is 24.5 Å². The predicted molar refractivity (Wildman–Crippen MR) is 128 cm³/mol. The molecule has 0 radical (unpaired) electrons. The number of benzene rings is 1. The number of hydrogen-bond donors (Lipinski definition) is 2. The predicted octanol–water partition coefficient (Wildman–Crippen LogP) is 1.39. The maximum Gasteiger partial charge on any atom is 0.270 e. The SMILES string of the molecule is N#Cc1c[nH]c(C(=O)N2CCC3(CC2)CN(c2cccc4c2CN(C2CCC(=O)NC2=O)C4=O)C3)c1. The fourth-order valence-corrected chi connectivity index (χ4v) is 6.05. The zero-order valence-corrected chi connectivity index (χ0v) is 19.7. The Morgan fingerprint density at radius 3 is 2.61 bits per heavy atom. The van der Waals surface area contributed by atoms with Crippen LogP contribution in [-0.4, -0.2) is 70.6 Å². The number of nitrogens with zero attached hydrogens (tertiary/aromatic N) is 4. The lowest BCUT2D eigenvalue weighted by molar-refractivity contribution is -0.136. The van der Waals surface area contributed by atoms with Crippen LogP contribution in [0.5, 0.6) is 0 Å². The molecule has 1 aromatic heterocycles. The molecule has 10 nitrogen and oxygen atoms in total. The Balaban J connectivity index is 1.11. The number of likely N-dealkylation sites (tertiary alicyclic amines) is 1. The van der Waals surface area contributed by atoms with Gasteiger partial charge in [-0.05, 0) is 37.5 Å². The second-order valence-corrected chi connectivity index (χ2v) is 10.3. The second kappa shape index (κ2) is 8.22. The van der Waals surface area contributed by atoms with E-state index < -0.39 is 11.9 Å². The van der Waals surface area contributed by atoms with Crippen molar-refractivity contribution in [2.24, 2.45) is 5.41 Å². The van der Waals surface area contributed by atoms with Crippen molar-refractivity contribution in [3.63, 3.8) is 0 Å². The van der Waals surface area contributed by atoms with E-state index in [-0.39, 0.29) is 29.6 Å². The van der Waals surface area contributed by atoms with Gasteiger partial charge in [0.25, 0.3) is 11.8 Å². The topological polar surface area (TPSA) is 130 Å². The van der Waals surface area contributed by atoms with Crippen molar-refractivity contribution in [2.75, 3.05) is 31.1 Å². The number of amides is 4. The van der Waals surface area contributed by atoms with Crippen LogP contribution in [0.25, 0.3) is 0 Å². The van der Waals surface area contributed by atoms with Crippen LogP contribution in [0.3, 0.4) is 0 Å². The molecule has 6 rings (SSSR count). The van der Waals surface area contributed by atoms with E-state index in [2.05, 4.69) is 15.2 Å². The fraction of sp³-hybridized carbons (Fsp3) is 0.423. The molecule has 0 bridgehead atoms. The molecule has 184 valence electrons. The molecule has 1 spiro atoms. The highest BCUT2D eigenvalue weighted by atomic mass is 16.2. The number of H-pyrrole nitrogens is 1. The molecule has 10 heteroatoms. The van der Waals surface area contributed by atoms with Crippen LogP contribution in [-0.2, 0) is 16.1 Å². The number of rotatable bonds is 3. The Hall–Kier alpha value is -4.13. The van der Waals surface area contributed by atoms with E-state index in [1.54, 1.807) is 17.2 Å². The zero-order chi connectivity index (χ0) is 25.0. The van der Waals surface area contributed by atoms with Crippen LogP contribution < -0.4 is 10.2 Å². The molecule has 0 saturated carbocycles. The molecule has 1 unspecified atom stereocenters. The third kappa shape index (κ3) is 3.54. The molecule has 5 heterocycles. The van der Waals surface area contributed by atoms with Gasteiger partial charge in [-0.15, -0.1) is 0 Å². The number of imide groups is 1. The molecule has 1 aromatic carbocycles. The lowest BCUT2D eigenvalue weighted by Crippen LogP contribution is -2.61. The Morgan fingerprint density at radius 2 is 1.92 bits per heavy atom. The van der Waals surface area contributed by atoms with Crippen molar-refractivity contribution in [1.29, 1.82) is 5.26 Å². The minimum atomic E-state index is -0.621. The molecule has 1 atom stereocenters. The van der Waals surface area contributed by atoms with E-state index in [1.807, 2.05) is 29.2 Å². The highest BCUT2D eigenvalue weighted by Crippen LogP contribution is 2.45. The number of fused-ring (bicyclic) bond motifs is 1. The molecule has 36 heavy (non-hydrogen) atoms. The maximum atomic E-state index is 13.1. The van der Waals surface area contributed by atoms with Crippen molar-refractivity contribution >= 4 is 29.3 Å². The molecule has 2 aromatic rings. The standard InChI is InChI=1S/C26H26N6O4/c27-11-16-10-19(28-12-16)25(36)30-8-6-26(7-9-30)14-31(15-26)20-3-1-2-17-18(20)13-32(24(17)35)21-4-5-22(33)29-23(21)34/h1-3,10,12,21,28H,4-9,13-15H2,(H,29,33,34). The number of aromatic nitrogens is 1. The Morgan fingerprint density at radius 1 is 1.14 bits per heavy atom. The van der Waals surface area contributed by atoms with Gasteiger partial charge in [0, 0.05) is 67.6 Å². The van der Waals surface area contributed by atoms with E-state index in [4.69, 9.17) is 5.26 Å². The van der Waals surface area contributed by atoms with Gasteiger partial charge in [0.2, 0.25) is 11.8 Å². The number of piperidine rings is 2. The van der Waals surface area contributed by atoms with E-state index >= 15 is 0 Å². The summed E-state index contributed by atoms with van der Waals surface area (Å²) in [5.74, 6) is -0.927. The van der Waals surface area contributed by atoms with E-state index in [9.17, 15) is 19.2 Å². The normalized spacial score (nSPS) is 22.8. The van der Waals surface area contributed by atoms with Crippen molar-refractivity contribution in [1.82, 2.24) is 20.1 Å². The molecule has 4 amide bonds. The van der Waals surface area contributed by atoms with Crippen molar-refractivity contribution in [2.45, 2.75) is 38.3 Å². The molecular formula is C26H26N6O4. The highest BCUT2D eigenvalue weighted by molar-refractivity contribution is 6.06.